The van der Waals surface area contributed by atoms with E-state index in [0.717, 1.165) is 38.8 Å². The Labute approximate surface area is 162 Å². The van der Waals surface area contributed by atoms with E-state index < -0.39 is 0 Å². The first-order valence-electron chi connectivity index (χ1n) is 8.55. The maximum Gasteiger partial charge on any atom is 0.257 e. The molecule has 0 spiro atoms. The van der Waals surface area contributed by atoms with Gasteiger partial charge in [0.15, 0.2) is 0 Å². The predicted octanol–water partition coefficient (Wildman–Crippen LogP) is 4.66. The highest BCUT2D eigenvalue weighted by Gasteiger charge is 2.19. The van der Waals surface area contributed by atoms with Crippen LogP contribution in [0.1, 0.15) is 46.4 Å². The van der Waals surface area contributed by atoms with Crippen LogP contribution in [0.15, 0.2) is 36.7 Å². The van der Waals surface area contributed by atoms with Crippen molar-refractivity contribution in [3.8, 4) is 0 Å². The molecule has 1 aromatic carbocycles. The molecule has 1 N–H and O–H groups in total. The molecule has 2 aromatic rings. The molecule has 7 heteroatoms. The van der Waals surface area contributed by atoms with Crippen LogP contribution in [0.25, 0.3) is 0 Å². The Bertz CT molecular complexity index is 798. The zero-order valence-corrected chi connectivity index (χ0v) is 15.7. The summed E-state index contributed by atoms with van der Waals surface area (Å²) in [5.74, 6) is -0.457. The van der Waals surface area contributed by atoms with Crippen molar-refractivity contribution in [1.82, 2.24) is 9.88 Å². The Morgan fingerprint density at radius 1 is 0.885 bits per heavy atom. The van der Waals surface area contributed by atoms with Crippen LogP contribution in [0.4, 0.5) is 5.69 Å². The summed E-state index contributed by atoms with van der Waals surface area (Å²) < 4.78 is 0. The van der Waals surface area contributed by atoms with Crippen molar-refractivity contribution in [2.24, 2.45) is 0 Å². The largest absolute Gasteiger partial charge is 0.339 e. The fourth-order valence-corrected chi connectivity index (χ4v) is 3.49. The number of carbonyl (C=O) groups is 2. The summed E-state index contributed by atoms with van der Waals surface area (Å²) in [4.78, 5) is 31.1. The minimum atomic E-state index is -0.374. The van der Waals surface area contributed by atoms with Crippen LogP contribution in [-0.4, -0.2) is 34.8 Å². The number of hydrogen-bond acceptors (Lipinski definition) is 3. The molecule has 0 bridgehead atoms. The van der Waals surface area contributed by atoms with E-state index in [-0.39, 0.29) is 11.8 Å². The van der Waals surface area contributed by atoms with Gasteiger partial charge >= 0.3 is 0 Å². The molecule has 26 heavy (non-hydrogen) atoms. The fraction of sp³-hybridized carbons (Fsp3) is 0.316. The molecule has 1 aliphatic rings. The van der Waals surface area contributed by atoms with Gasteiger partial charge in [-0.25, -0.2) is 0 Å². The fourth-order valence-electron chi connectivity index (χ4n) is 2.97. The second-order valence-corrected chi connectivity index (χ2v) is 7.15. The van der Waals surface area contributed by atoms with Gasteiger partial charge in [0.05, 0.1) is 11.1 Å². The number of hydrogen-bond donors (Lipinski definition) is 1. The lowest BCUT2D eigenvalue weighted by atomic mass is 10.1. The van der Waals surface area contributed by atoms with Crippen molar-refractivity contribution in [3.05, 3.63) is 57.8 Å². The van der Waals surface area contributed by atoms with Gasteiger partial charge in [-0.3, -0.25) is 14.6 Å². The second-order valence-electron chi connectivity index (χ2n) is 6.28. The number of pyridine rings is 1. The number of amides is 2. The van der Waals surface area contributed by atoms with E-state index in [4.69, 9.17) is 23.2 Å². The van der Waals surface area contributed by atoms with Crippen LogP contribution in [0.5, 0.6) is 0 Å². The van der Waals surface area contributed by atoms with Crippen molar-refractivity contribution in [3.63, 3.8) is 0 Å². The first-order chi connectivity index (χ1) is 12.5. The van der Waals surface area contributed by atoms with Crippen LogP contribution in [0.2, 0.25) is 10.0 Å². The molecular weight excluding hydrogens is 373 g/mol. The molecule has 136 valence electrons. The molecule has 0 saturated carbocycles. The lowest BCUT2D eigenvalue weighted by Crippen LogP contribution is -2.32. The molecule has 0 atom stereocenters. The molecule has 1 aliphatic heterocycles. The zero-order chi connectivity index (χ0) is 18.5. The van der Waals surface area contributed by atoms with Crippen LogP contribution >= 0.6 is 23.2 Å². The molecule has 0 unspecified atom stereocenters. The van der Waals surface area contributed by atoms with Crippen molar-refractivity contribution >= 4 is 40.7 Å². The van der Waals surface area contributed by atoms with Crippen LogP contribution < -0.4 is 5.32 Å². The van der Waals surface area contributed by atoms with Gasteiger partial charge in [0.25, 0.3) is 11.8 Å². The Morgan fingerprint density at radius 3 is 2.15 bits per heavy atom. The van der Waals surface area contributed by atoms with Crippen LogP contribution in [-0.2, 0) is 0 Å². The molecule has 1 saturated heterocycles. The van der Waals surface area contributed by atoms with Crippen molar-refractivity contribution in [2.45, 2.75) is 25.7 Å². The van der Waals surface area contributed by atoms with Gasteiger partial charge in [0.2, 0.25) is 0 Å². The van der Waals surface area contributed by atoms with Crippen molar-refractivity contribution < 1.29 is 9.59 Å². The smallest absolute Gasteiger partial charge is 0.257 e. The number of halogens is 2. The molecule has 5 nitrogen and oxygen atoms in total. The van der Waals surface area contributed by atoms with Gasteiger partial charge in [-0.05, 0) is 37.1 Å². The van der Waals surface area contributed by atoms with Crippen LogP contribution in [0.3, 0.4) is 0 Å². The minimum absolute atomic E-state index is 0.0835. The summed E-state index contributed by atoms with van der Waals surface area (Å²) >= 11 is 11.9. The highest BCUT2D eigenvalue weighted by molar-refractivity contribution is 6.35. The number of aromatic nitrogens is 1. The standard InChI is InChI=1S/C19H19Cl2N3O2/c20-15-8-16(21)10-17(9-15)23-18(25)13-7-14(12-22-11-13)19(26)24-5-3-1-2-4-6-24/h7-12H,1-6H2,(H,23,25). The van der Waals surface area contributed by atoms with E-state index in [1.807, 2.05) is 4.90 Å². The maximum atomic E-state index is 12.7. The Balaban J connectivity index is 1.75. The second kappa shape index (κ2) is 8.52. The number of carbonyl (C=O) groups excluding carboxylic acids is 2. The van der Waals surface area contributed by atoms with Gasteiger partial charge < -0.3 is 10.2 Å². The van der Waals surface area contributed by atoms with E-state index in [1.54, 1.807) is 24.3 Å². The van der Waals surface area contributed by atoms with E-state index in [9.17, 15) is 9.59 Å². The van der Waals surface area contributed by atoms with E-state index in [2.05, 4.69) is 10.3 Å². The number of nitrogens with one attached hydrogen (secondary N) is 1. The summed E-state index contributed by atoms with van der Waals surface area (Å²) in [6.07, 6.45) is 7.24. The Morgan fingerprint density at radius 2 is 1.50 bits per heavy atom. The number of rotatable bonds is 3. The van der Waals surface area contributed by atoms with Gasteiger partial charge in [-0.15, -0.1) is 0 Å². The zero-order valence-electron chi connectivity index (χ0n) is 14.2. The third-order valence-corrected chi connectivity index (χ3v) is 4.70. The van der Waals surface area contributed by atoms with Gasteiger partial charge in [0, 0.05) is 41.2 Å². The quantitative estimate of drug-likeness (QED) is 0.827. The average Bonchev–Trinajstić information content (AvgIpc) is 2.89. The first-order valence-corrected chi connectivity index (χ1v) is 9.30. The first kappa shape index (κ1) is 18.7. The Kier molecular flexibility index (Phi) is 6.12. The van der Waals surface area contributed by atoms with Gasteiger partial charge in [0.1, 0.15) is 0 Å². The SMILES string of the molecule is O=C(Nc1cc(Cl)cc(Cl)c1)c1cncc(C(=O)N2CCCCCC2)c1. The number of likely N-dealkylation sites (tertiary alicyclic amines) is 1. The lowest BCUT2D eigenvalue weighted by Gasteiger charge is -2.20. The highest BCUT2D eigenvalue weighted by atomic mass is 35.5. The minimum Gasteiger partial charge on any atom is -0.339 e. The predicted molar refractivity (Wildman–Crippen MR) is 103 cm³/mol. The monoisotopic (exact) mass is 391 g/mol. The van der Waals surface area contributed by atoms with Crippen LogP contribution in [0, 0.1) is 0 Å². The third-order valence-electron chi connectivity index (χ3n) is 4.26. The highest BCUT2D eigenvalue weighted by Crippen LogP contribution is 2.23. The molecule has 2 amide bonds. The van der Waals surface area contributed by atoms with E-state index >= 15 is 0 Å². The van der Waals surface area contributed by atoms with Gasteiger partial charge in [-0.2, -0.15) is 0 Å². The number of anilines is 1. The topological polar surface area (TPSA) is 62.3 Å². The third kappa shape index (κ3) is 4.74. The summed E-state index contributed by atoms with van der Waals surface area (Å²) in [5, 5.41) is 3.58. The van der Waals surface area contributed by atoms with Crippen molar-refractivity contribution in [2.75, 3.05) is 18.4 Å². The molecule has 0 aliphatic carbocycles. The lowest BCUT2D eigenvalue weighted by molar-refractivity contribution is 0.0761. The summed E-state index contributed by atoms with van der Waals surface area (Å²) in [7, 11) is 0. The molecule has 1 fully saturated rings. The summed E-state index contributed by atoms with van der Waals surface area (Å²) in [6.45, 7) is 1.49. The van der Waals surface area contributed by atoms with E-state index in [1.165, 1.54) is 12.4 Å². The maximum absolute atomic E-state index is 12.7. The summed E-state index contributed by atoms with van der Waals surface area (Å²) in [6, 6.07) is 6.36. The summed E-state index contributed by atoms with van der Waals surface area (Å²) in [5.41, 5.74) is 1.21. The molecular formula is C19H19Cl2N3O2. The molecule has 0 radical (unpaired) electrons. The number of nitrogens with zero attached hydrogens (tertiary/aromatic N) is 2. The molecule has 3 rings (SSSR count). The van der Waals surface area contributed by atoms with Gasteiger partial charge in [-0.1, -0.05) is 36.0 Å². The normalized spacial score (nSPS) is 14.6. The molecule has 1 aromatic heterocycles. The average molecular weight is 392 g/mol. The number of benzene rings is 1. The molecule has 2 heterocycles. The Hall–Kier alpha value is -2.11. The van der Waals surface area contributed by atoms with E-state index in [0.29, 0.717) is 26.9 Å². The van der Waals surface area contributed by atoms with Crippen molar-refractivity contribution in [1.29, 1.82) is 0 Å².